The molecule has 2 heterocycles. The fraction of sp³-hybridized carbons (Fsp3) is 0.750. The van der Waals surface area contributed by atoms with Crippen molar-refractivity contribution in [3.8, 4) is 0 Å². The average Bonchev–Trinajstić information content (AvgIpc) is 2.84. The van der Waals surface area contributed by atoms with Crippen molar-refractivity contribution >= 4 is 10.0 Å². The van der Waals surface area contributed by atoms with Crippen molar-refractivity contribution in [2.24, 2.45) is 0 Å². The highest BCUT2D eigenvalue weighted by Gasteiger charge is 2.31. The van der Waals surface area contributed by atoms with Gasteiger partial charge in [-0.05, 0) is 32.7 Å². The van der Waals surface area contributed by atoms with E-state index in [0.29, 0.717) is 23.7 Å². The Balaban J connectivity index is 2.10. The van der Waals surface area contributed by atoms with E-state index in [0.717, 1.165) is 25.8 Å². The molecule has 0 spiro atoms. The largest absolute Gasteiger partial charge is 0.313 e. The van der Waals surface area contributed by atoms with E-state index < -0.39 is 10.0 Å². The third kappa shape index (κ3) is 3.16. The number of sulfonamides is 1. The zero-order valence-corrected chi connectivity index (χ0v) is 12.3. The predicted octanol–water partition coefficient (Wildman–Crippen LogP) is 0.871. The Morgan fingerprint density at radius 2 is 2.37 bits per heavy atom. The SMILES string of the molecule is CCCNC1CCCN(S(=O)(=O)c2cn[nH]c2C)C1. The van der Waals surface area contributed by atoms with Crippen LogP contribution in [0, 0.1) is 6.92 Å². The third-order valence-electron chi connectivity index (χ3n) is 3.47. The highest BCUT2D eigenvalue weighted by Crippen LogP contribution is 2.21. The van der Waals surface area contributed by atoms with E-state index in [2.05, 4.69) is 22.4 Å². The molecule has 0 aromatic carbocycles. The van der Waals surface area contributed by atoms with Crippen LogP contribution in [0.5, 0.6) is 0 Å². The summed E-state index contributed by atoms with van der Waals surface area (Å²) in [7, 11) is -3.41. The van der Waals surface area contributed by atoms with Crippen molar-refractivity contribution in [3.05, 3.63) is 11.9 Å². The van der Waals surface area contributed by atoms with Gasteiger partial charge in [-0.2, -0.15) is 9.40 Å². The van der Waals surface area contributed by atoms with E-state index in [-0.39, 0.29) is 6.04 Å². The van der Waals surface area contributed by atoms with Crippen LogP contribution >= 0.6 is 0 Å². The number of hydrogen-bond donors (Lipinski definition) is 2. The molecule has 108 valence electrons. The van der Waals surface area contributed by atoms with E-state index >= 15 is 0 Å². The highest BCUT2D eigenvalue weighted by atomic mass is 32.2. The van der Waals surface area contributed by atoms with Crippen LogP contribution in [0.15, 0.2) is 11.1 Å². The molecule has 6 nitrogen and oxygen atoms in total. The summed E-state index contributed by atoms with van der Waals surface area (Å²) in [5.41, 5.74) is 0.601. The summed E-state index contributed by atoms with van der Waals surface area (Å²) in [5, 5.41) is 9.90. The lowest BCUT2D eigenvalue weighted by molar-refractivity contribution is 0.284. The van der Waals surface area contributed by atoms with Crippen molar-refractivity contribution in [3.63, 3.8) is 0 Å². The third-order valence-corrected chi connectivity index (χ3v) is 5.45. The minimum absolute atomic E-state index is 0.260. The summed E-state index contributed by atoms with van der Waals surface area (Å²) in [5.74, 6) is 0. The lowest BCUT2D eigenvalue weighted by atomic mass is 10.1. The molecule has 0 aliphatic carbocycles. The van der Waals surface area contributed by atoms with E-state index in [1.807, 2.05) is 0 Å². The zero-order chi connectivity index (χ0) is 13.9. The van der Waals surface area contributed by atoms with Gasteiger partial charge in [0.15, 0.2) is 0 Å². The molecule has 0 amide bonds. The van der Waals surface area contributed by atoms with Gasteiger partial charge in [0.05, 0.1) is 11.9 Å². The first kappa shape index (κ1) is 14.5. The van der Waals surface area contributed by atoms with Crippen LogP contribution < -0.4 is 5.32 Å². The van der Waals surface area contributed by atoms with Gasteiger partial charge >= 0.3 is 0 Å². The quantitative estimate of drug-likeness (QED) is 0.842. The molecular formula is C12H22N4O2S. The minimum atomic E-state index is -3.41. The monoisotopic (exact) mass is 286 g/mol. The Morgan fingerprint density at radius 1 is 1.58 bits per heavy atom. The molecule has 1 aromatic rings. The van der Waals surface area contributed by atoms with Crippen LogP contribution in [0.1, 0.15) is 31.9 Å². The van der Waals surface area contributed by atoms with Gasteiger partial charge in [0.25, 0.3) is 0 Å². The molecule has 0 radical (unpaired) electrons. The van der Waals surface area contributed by atoms with Crippen LogP contribution in [0.25, 0.3) is 0 Å². The molecule has 7 heteroatoms. The standard InChI is InChI=1S/C12H22N4O2S/c1-3-6-13-11-5-4-7-16(9-11)19(17,18)12-8-14-15-10(12)2/h8,11,13H,3-7,9H2,1-2H3,(H,14,15). The highest BCUT2D eigenvalue weighted by molar-refractivity contribution is 7.89. The second-order valence-corrected chi connectivity index (χ2v) is 6.92. The first-order valence-corrected chi connectivity index (χ1v) is 8.23. The summed E-state index contributed by atoms with van der Waals surface area (Å²) in [6.45, 7) is 5.92. The first-order valence-electron chi connectivity index (χ1n) is 6.79. The smallest absolute Gasteiger partial charge is 0.246 e. The molecule has 1 saturated heterocycles. The van der Waals surface area contributed by atoms with Gasteiger partial charge in [-0.25, -0.2) is 8.42 Å². The Bertz CT molecular complexity index is 512. The van der Waals surface area contributed by atoms with Crippen LogP contribution in [-0.4, -0.2) is 48.6 Å². The number of hydrogen-bond acceptors (Lipinski definition) is 4. The van der Waals surface area contributed by atoms with Gasteiger partial charge in [-0.1, -0.05) is 6.92 Å². The average molecular weight is 286 g/mol. The number of piperidine rings is 1. The van der Waals surface area contributed by atoms with Crippen molar-refractivity contribution < 1.29 is 8.42 Å². The molecule has 1 aromatic heterocycles. The molecule has 1 fully saturated rings. The van der Waals surface area contributed by atoms with Gasteiger partial charge < -0.3 is 5.32 Å². The summed E-state index contributed by atoms with van der Waals surface area (Å²) in [6, 6.07) is 0.260. The van der Waals surface area contributed by atoms with Crippen LogP contribution in [0.2, 0.25) is 0 Å². The molecule has 0 bridgehead atoms. The Kier molecular flexibility index (Phi) is 4.59. The summed E-state index contributed by atoms with van der Waals surface area (Å²) in [4.78, 5) is 0.295. The van der Waals surface area contributed by atoms with E-state index in [9.17, 15) is 8.42 Å². The summed E-state index contributed by atoms with van der Waals surface area (Å²) in [6.07, 6.45) is 4.39. The fourth-order valence-corrected chi connectivity index (χ4v) is 4.06. The summed E-state index contributed by atoms with van der Waals surface area (Å²) < 4.78 is 26.6. The fourth-order valence-electron chi connectivity index (χ4n) is 2.41. The van der Waals surface area contributed by atoms with Crippen LogP contribution in [-0.2, 0) is 10.0 Å². The Morgan fingerprint density at radius 3 is 3.00 bits per heavy atom. The maximum atomic E-state index is 12.5. The van der Waals surface area contributed by atoms with Crippen molar-refractivity contribution in [1.29, 1.82) is 0 Å². The van der Waals surface area contributed by atoms with Gasteiger partial charge in [0, 0.05) is 19.1 Å². The Labute approximate surface area is 114 Å². The number of H-pyrrole nitrogens is 1. The van der Waals surface area contributed by atoms with Crippen LogP contribution in [0.3, 0.4) is 0 Å². The Hall–Kier alpha value is -0.920. The first-order chi connectivity index (χ1) is 9.05. The minimum Gasteiger partial charge on any atom is -0.313 e. The molecule has 19 heavy (non-hydrogen) atoms. The predicted molar refractivity (Wildman–Crippen MR) is 73.4 cm³/mol. The lowest BCUT2D eigenvalue weighted by Gasteiger charge is -2.32. The number of aryl methyl sites for hydroxylation is 1. The van der Waals surface area contributed by atoms with E-state index in [4.69, 9.17) is 0 Å². The number of aromatic nitrogens is 2. The number of aromatic amines is 1. The molecule has 2 N–H and O–H groups in total. The van der Waals surface area contributed by atoms with E-state index in [1.54, 1.807) is 11.2 Å². The molecule has 1 aliphatic heterocycles. The van der Waals surface area contributed by atoms with Gasteiger partial charge in [-0.15, -0.1) is 0 Å². The van der Waals surface area contributed by atoms with Crippen molar-refractivity contribution in [2.45, 2.75) is 44.0 Å². The number of nitrogens with zero attached hydrogens (tertiary/aromatic N) is 2. The number of nitrogens with one attached hydrogen (secondary N) is 2. The molecule has 1 aliphatic rings. The van der Waals surface area contributed by atoms with Gasteiger partial charge in [0.1, 0.15) is 4.90 Å². The molecule has 1 unspecified atom stereocenters. The molecular weight excluding hydrogens is 264 g/mol. The second-order valence-electron chi connectivity index (χ2n) is 5.02. The van der Waals surface area contributed by atoms with Gasteiger partial charge in [-0.3, -0.25) is 5.10 Å². The second kappa shape index (κ2) is 6.02. The molecule has 2 rings (SSSR count). The maximum absolute atomic E-state index is 12.5. The molecule has 1 atom stereocenters. The van der Waals surface area contributed by atoms with E-state index in [1.165, 1.54) is 6.20 Å². The summed E-state index contributed by atoms with van der Waals surface area (Å²) >= 11 is 0. The van der Waals surface area contributed by atoms with Crippen molar-refractivity contribution in [1.82, 2.24) is 19.8 Å². The molecule has 0 saturated carbocycles. The maximum Gasteiger partial charge on any atom is 0.246 e. The van der Waals surface area contributed by atoms with Gasteiger partial charge in [0.2, 0.25) is 10.0 Å². The zero-order valence-electron chi connectivity index (χ0n) is 11.5. The normalized spacial score (nSPS) is 21.7. The number of rotatable bonds is 5. The lowest BCUT2D eigenvalue weighted by Crippen LogP contribution is -2.48. The van der Waals surface area contributed by atoms with Crippen LogP contribution in [0.4, 0.5) is 0 Å². The van der Waals surface area contributed by atoms with Crippen molar-refractivity contribution in [2.75, 3.05) is 19.6 Å². The topological polar surface area (TPSA) is 78.1 Å².